The molecule has 3 heteroatoms. The van der Waals surface area contributed by atoms with Gasteiger partial charge in [0, 0.05) is 25.4 Å². The van der Waals surface area contributed by atoms with Gasteiger partial charge >= 0.3 is 0 Å². The molecule has 0 fully saturated rings. The average Bonchev–Trinajstić information content (AvgIpc) is 2.47. The minimum Gasteiger partial charge on any atom is -0.295 e. The predicted molar refractivity (Wildman–Crippen MR) is 51.4 cm³/mol. The van der Waals surface area contributed by atoms with Crippen LogP contribution in [0.5, 0.6) is 0 Å². The molecular formula is C10H14N2O. The van der Waals surface area contributed by atoms with Gasteiger partial charge in [-0.05, 0) is 25.0 Å². The highest BCUT2D eigenvalue weighted by Crippen LogP contribution is 2.04. The van der Waals surface area contributed by atoms with Crippen molar-refractivity contribution in [3.63, 3.8) is 0 Å². The normalized spacial score (nSPS) is 10.0. The standard InChI is InChI=1S/C10H14N2O/c1-8(2)10(13)5-4-9-6-7-11-12(9)3/h6-7H,1,4-5H2,2-3H3. The molecule has 0 atom stereocenters. The predicted octanol–water partition coefficient (Wildman–Crippen LogP) is 1.50. The summed E-state index contributed by atoms with van der Waals surface area (Å²) in [6.07, 6.45) is 3.00. The molecule has 0 saturated carbocycles. The molecule has 0 aliphatic rings. The van der Waals surface area contributed by atoms with E-state index in [0.717, 1.165) is 12.1 Å². The molecule has 70 valence electrons. The molecule has 1 heterocycles. The number of ketones is 1. The van der Waals surface area contributed by atoms with Crippen LogP contribution in [0, 0.1) is 0 Å². The highest BCUT2D eigenvalue weighted by Gasteiger charge is 2.04. The number of aryl methyl sites for hydroxylation is 2. The van der Waals surface area contributed by atoms with Crippen LogP contribution >= 0.6 is 0 Å². The van der Waals surface area contributed by atoms with Crippen LogP contribution in [-0.2, 0) is 18.3 Å². The van der Waals surface area contributed by atoms with Crippen molar-refractivity contribution in [3.8, 4) is 0 Å². The quantitative estimate of drug-likeness (QED) is 0.655. The fraction of sp³-hybridized carbons (Fsp3) is 0.400. The van der Waals surface area contributed by atoms with Crippen LogP contribution in [-0.4, -0.2) is 15.6 Å². The number of carbonyl (C=O) groups is 1. The first-order chi connectivity index (χ1) is 6.11. The maximum Gasteiger partial charge on any atom is 0.158 e. The fourth-order valence-corrected chi connectivity index (χ4v) is 1.10. The molecule has 1 rings (SSSR count). The molecule has 0 amide bonds. The van der Waals surface area contributed by atoms with Gasteiger partial charge in [-0.3, -0.25) is 9.48 Å². The molecule has 0 saturated heterocycles. The molecular weight excluding hydrogens is 164 g/mol. The second kappa shape index (κ2) is 4.03. The lowest BCUT2D eigenvalue weighted by Crippen LogP contribution is -2.04. The third kappa shape index (κ3) is 2.54. The summed E-state index contributed by atoms with van der Waals surface area (Å²) >= 11 is 0. The van der Waals surface area contributed by atoms with Gasteiger partial charge in [-0.25, -0.2) is 0 Å². The maximum atomic E-state index is 11.2. The summed E-state index contributed by atoms with van der Waals surface area (Å²) in [5, 5.41) is 4.02. The van der Waals surface area contributed by atoms with Crippen LogP contribution in [0.3, 0.4) is 0 Å². The Labute approximate surface area is 78.1 Å². The third-order valence-electron chi connectivity index (χ3n) is 2.01. The Morgan fingerprint density at radius 2 is 2.38 bits per heavy atom. The van der Waals surface area contributed by atoms with Crippen molar-refractivity contribution < 1.29 is 4.79 Å². The summed E-state index contributed by atoms with van der Waals surface area (Å²) in [6.45, 7) is 5.35. The number of aromatic nitrogens is 2. The Bertz CT molecular complexity index is 325. The number of Topliss-reactive ketones (excluding diaryl/α,β-unsaturated/α-hetero) is 1. The van der Waals surface area contributed by atoms with E-state index in [1.807, 2.05) is 13.1 Å². The first kappa shape index (κ1) is 9.71. The van der Waals surface area contributed by atoms with Gasteiger partial charge in [0.2, 0.25) is 0 Å². The summed E-state index contributed by atoms with van der Waals surface area (Å²) in [5.74, 6) is 0.126. The minimum absolute atomic E-state index is 0.126. The second-order valence-electron chi connectivity index (χ2n) is 3.15. The van der Waals surface area contributed by atoms with E-state index in [9.17, 15) is 4.79 Å². The van der Waals surface area contributed by atoms with Crippen LogP contribution < -0.4 is 0 Å². The number of hydrogen-bond acceptors (Lipinski definition) is 2. The van der Waals surface area contributed by atoms with E-state index in [1.165, 1.54) is 0 Å². The highest BCUT2D eigenvalue weighted by molar-refractivity contribution is 5.94. The summed E-state index contributed by atoms with van der Waals surface area (Å²) in [4.78, 5) is 11.2. The molecule has 1 aromatic heterocycles. The molecule has 13 heavy (non-hydrogen) atoms. The molecule has 0 N–H and O–H groups in total. The number of rotatable bonds is 4. The number of nitrogens with zero attached hydrogens (tertiary/aromatic N) is 2. The van der Waals surface area contributed by atoms with Crippen molar-refractivity contribution in [2.24, 2.45) is 7.05 Å². The van der Waals surface area contributed by atoms with E-state index in [-0.39, 0.29) is 5.78 Å². The van der Waals surface area contributed by atoms with Gasteiger partial charge in [0.25, 0.3) is 0 Å². The van der Waals surface area contributed by atoms with E-state index in [0.29, 0.717) is 12.0 Å². The van der Waals surface area contributed by atoms with Crippen molar-refractivity contribution in [2.45, 2.75) is 19.8 Å². The molecule has 1 aromatic rings. The zero-order chi connectivity index (χ0) is 9.84. The summed E-state index contributed by atoms with van der Waals surface area (Å²) in [6, 6.07) is 1.92. The Kier molecular flexibility index (Phi) is 3.01. The summed E-state index contributed by atoms with van der Waals surface area (Å²) in [7, 11) is 1.88. The first-order valence-corrected chi connectivity index (χ1v) is 4.27. The third-order valence-corrected chi connectivity index (χ3v) is 2.01. The Balaban J connectivity index is 2.48. The topological polar surface area (TPSA) is 34.9 Å². The van der Waals surface area contributed by atoms with Crippen molar-refractivity contribution in [2.75, 3.05) is 0 Å². The van der Waals surface area contributed by atoms with Crippen LogP contribution in [0.1, 0.15) is 19.0 Å². The fourth-order valence-electron chi connectivity index (χ4n) is 1.10. The SMILES string of the molecule is C=C(C)C(=O)CCc1ccnn1C. The lowest BCUT2D eigenvalue weighted by molar-refractivity contribution is -0.115. The smallest absolute Gasteiger partial charge is 0.158 e. The van der Waals surface area contributed by atoms with Crippen molar-refractivity contribution in [3.05, 3.63) is 30.1 Å². The van der Waals surface area contributed by atoms with Gasteiger partial charge in [-0.2, -0.15) is 5.10 Å². The Morgan fingerprint density at radius 1 is 1.69 bits per heavy atom. The van der Waals surface area contributed by atoms with Gasteiger partial charge in [0.05, 0.1) is 0 Å². The number of carbonyl (C=O) groups excluding carboxylic acids is 1. The van der Waals surface area contributed by atoms with E-state index < -0.39 is 0 Å². The van der Waals surface area contributed by atoms with Crippen LogP contribution in [0.2, 0.25) is 0 Å². The van der Waals surface area contributed by atoms with Crippen molar-refractivity contribution in [1.82, 2.24) is 9.78 Å². The van der Waals surface area contributed by atoms with E-state index >= 15 is 0 Å². The summed E-state index contributed by atoms with van der Waals surface area (Å²) < 4.78 is 1.78. The van der Waals surface area contributed by atoms with Gasteiger partial charge in [0.15, 0.2) is 5.78 Å². The molecule has 0 unspecified atom stereocenters. The van der Waals surface area contributed by atoms with Crippen LogP contribution in [0.25, 0.3) is 0 Å². The molecule has 0 radical (unpaired) electrons. The van der Waals surface area contributed by atoms with Crippen LogP contribution in [0.4, 0.5) is 0 Å². The Hall–Kier alpha value is -1.38. The van der Waals surface area contributed by atoms with Gasteiger partial charge < -0.3 is 0 Å². The maximum absolute atomic E-state index is 11.2. The van der Waals surface area contributed by atoms with Gasteiger partial charge in [-0.1, -0.05) is 6.58 Å². The van der Waals surface area contributed by atoms with Crippen LogP contribution in [0.15, 0.2) is 24.4 Å². The summed E-state index contributed by atoms with van der Waals surface area (Å²) in [5.41, 5.74) is 1.71. The monoisotopic (exact) mass is 178 g/mol. The number of allylic oxidation sites excluding steroid dienone is 1. The van der Waals surface area contributed by atoms with Gasteiger partial charge in [0.1, 0.15) is 0 Å². The molecule has 0 bridgehead atoms. The van der Waals surface area contributed by atoms with E-state index in [4.69, 9.17) is 0 Å². The largest absolute Gasteiger partial charge is 0.295 e. The molecule has 3 nitrogen and oxygen atoms in total. The van der Waals surface area contributed by atoms with E-state index in [2.05, 4.69) is 11.7 Å². The Morgan fingerprint density at radius 3 is 2.85 bits per heavy atom. The van der Waals surface area contributed by atoms with Crippen molar-refractivity contribution >= 4 is 5.78 Å². The molecule has 0 aromatic carbocycles. The first-order valence-electron chi connectivity index (χ1n) is 4.27. The lowest BCUT2D eigenvalue weighted by Gasteiger charge is -2.00. The van der Waals surface area contributed by atoms with E-state index in [1.54, 1.807) is 17.8 Å². The second-order valence-corrected chi connectivity index (χ2v) is 3.15. The zero-order valence-electron chi connectivity index (χ0n) is 8.08. The zero-order valence-corrected chi connectivity index (χ0v) is 8.08. The molecule has 0 spiro atoms. The number of hydrogen-bond donors (Lipinski definition) is 0. The molecule has 0 aliphatic heterocycles. The van der Waals surface area contributed by atoms with Crippen molar-refractivity contribution in [1.29, 1.82) is 0 Å². The highest BCUT2D eigenvalue weighted by atomic mass is 16.1. The average molecular weight is 178 g/mol. The lowest BCUT2D eigenvalue weighted by atomic mass is 10.1. The van der Waals surface area contributed by atoms with Gasteiger partial charge in [-0.15, -0.1) is 0 Å². The molecule has 0 aliphatic carbocycles. The minimum atomic E-state index is 0.126.